The smallest absolute Gasteiger partial charge is 0.165 e. The second kappa shape index (κ2) is 9.50. The number of nitrogens with zero attached hydrogens (tertiary/aromatic N) is 4. The molecule has 5 heteroatoms. The number of hydrazone groups is 1. The average molecular weight is 360 g/mol. The Balaban J connectivity index is 1.73. The molecule has 0 bridgehead atoms. The lowest BCUT2D eigenvalue weighted by atomic mass is 10.1. The molecule has 0 aliphatic heterocycles. The molecule has 5 nitrogen and oxygen atoms in total. The number of ether oxygens (including phenoxy) is 1. The van der Waals surface area contributed by atoms with E-state index in [1.165, 1.54) is 5.56 Å². The molecule has 0 saturated carbocycles. The van der Waals surface area contributed by atoms with Crippen LogP contribution in [0.5, 0.6) is 0 Å². The summed E-state index contributed by atoms with van der Waals surface area (Å²) in [5.74, 6) is 0.822. The number of benzene rings is 2. The molecule has 0 aliphatic rings. The normalized spacial score (nSPS) is 11.9. The Kier molecular flexibility index (Phi) is 6.55. The van der Waals surface area contributed by atoms with Gasteiger partial charge in [-0.15, -0.1) is 0 Å². The fourth-order valence-corrected chi connectivity index (χ4v) is 2.66. The fraction of sp³-hybridized carbons (Fsp3) is 0.182. The summed E-state index contributed by atoms with van der Waals surface area (Å²) in [7, 11) is 3.82. The van der Waals surface area contributed by atoms with Crippen LogP contribution in [0.15, 0.2) is 84.5 Å². The zero-order valence-electron chi connectivity index (χ0n) is 15.7. The van der Waals surface area contributed by atoms with E-state index in [4.69, 9.17) is 4.74 Å². The van der Waals surface area contributed by atoms with E-state index in [0.29, 0.717) is 13.2 Å². The molecule has 138 valence electrons. The summed E-state index contributed by atoms with van der Waals surface area (Å²) in [6.07, 6.45) is 9.50. The van der Waals surface area contributed by atoms with Crippen LogP contribution in [-0.4, -0.2) is 41.1 Å². The number of hydrogen-bond donors (Lipinski definition) is 0. The second-order valence-corrected chi connectivity index (χ2v) is 6.23. The third-order valence-electron chi connectivity index (χ3n) is 3.87. The van der Waals surface area contributed by atoms with Crippen LogP contribution in [0.4, 0.5) is 0 Å². The van der Waals surface area contributed by atoms with Crippen molar-refractivity contribution >= 4 is 11.9 Å². The highest BCUT2D eigenvalue weighted by Crippen LogP contribution is 2.14. The predicted molar refractivity (Wildman–Crippen MR) is 109 cm³/mol. The maximum atomic E-state index is 5.74. The zero-order chi connectivity index (χ0) is 18.9. The zero-order valence-corrected chi connectivity index (χ0v) is 15.7. The second-order valence-electron chi connectivity index (χ2n) is 6.23. The summed E-state index contributed by atoms with van der Waals surface area (Å²) in [5.41, 5.74) is 3.28. The van der Waals surface area contributed by atoms with Gasteiger partial charge in [0.2, 0.25) is 0 Å². The molecule has 0 amide bonds. The van der Waals surface area contributed by atoms with Crippen LogP contribution < -0.4 is 0 Å². The largest absolute Gasteiger partial charge is 0.373 e. The minimum atomic E-state index is 0.550. The highest BCUT2D eigenvalue weighted by Gasteiger charge is 2.10. The van der Waals surface area contributed by atoms with Crippen molar-refractivity contribution in [2.75, 3.05) is 20.7 Å². The van der Waals surface area contributed by atoms with Gasteiger partial charge in [0.25, 0.3) is 0 Å². The van der Waals surface area contributed by atoms with E-state index in [2.05, 4.69) is 40.4 Å². The summed E-state index contributed by atoms with van der Waals surface area (Å²) in [4.78, 5) is 4.15. The SMILES string of the molecule is CN(C)N=C(c1ccccc1C=CCOCc1ccccc1)n1ccnc1. The summed E-state index contributed by atoms with van der Waals surface area (Å²) < 4.78 is 7.65. The number of imidazole rings is 1. The Bertz CT molecular complexity index is 884. The summed E-state index contributed by atoms with van der Waals surface area (Å²) in [6, 6.07) is 18.3. The maximum absolute atomic E-state index is 5.74. The Hall–Kier alpha value is -3.18. The highest BCUT2D eigenvalue weighted by atomic mass is 16.5. The van der Waals surface area contributed by atoms with Gasteiger partial charge in [-0.1, -0.05) is 66.7 Å². The van der Waals surface area contributed by atoms with Crippen molar-refractivity contribution in [1.29, 1.82) is 0 Å². The van der Waals surface area contributed by atoms with Gasteiger partial charge >= 0.3 is 0 Å². The van der Waals surface area contributed by atoms with Crippen LogP contribution in [0.2, 0.25) is 0 Å². The van der Waals surface area contributed by atoms with E-state index in [1.54, 1.807) is 17.5 Å². The van der Waals surface area contributed by atoms with Gasteiger partial charge in [-0.2, -0.15) is 5.10 Å². The van der Waals surface area contributed by atoms with Crippen molar-refractivity contribution in [3.8, 4) is 0 Å². The first-order chi connectivity index (χ1) is 13.2. The molecule has 0 atom stereocenters. The standard InChI is InChI=1S/C22H24N4O/c1-25(2)24-22(26-15-14-23-18-26)21-13-7-6-11-20(21)12-8-16-27-17-19-9-4-3-5-10-19/h3-15,18H,16-17H2,1-2H3. The first kappa shape index (κ1) is 18.6. The lowest BCUT2D eigenvalue weighted by Crippen LogP contribution is -2.18. The summed E-state index contributed by atoms with van der Waals surface area (Å²) >= 11 is 0. The van der Waals surface area contributed by atoms with Crippen molar-refractivity contribution < 1.29 is 4.74 Å². The van der Waals surface area contributed by atoms with Gasteiger partial charge in [-0.3, -0.25) is 4.57 Å². The molecular weight excluding hydrogens is 336 g/mol. The van der Waals surface area contributed by atoms with E-state index < -0.39 is 0 Å². The van der Waals surface area contributed by atoms with Gasteiger partial charge in [0.15, 0.2) is 5.84 Å². The van der Waals surface area contributed by atoms with Gasteiger partial charge < -0.3 is 9.75 Å². The minimum Gasteiger partial charge on any atom is -0.373 e. The average Bonchev–Trinajstić information content (AvgIpc) is 3.21. The molecule has 0 aliphatic carbocycles. The summed E-state index contributed by atoms with van der Waals surface area (Å²) in [5, 5.41) is 6.43. The molecule has 0 saturated heterocycles. The molecule has 0 fully saturated rings. The van der Waals surface area contributed by atoms with Crippen LogP contribution >= 0.6 is 0 Å². The van der Waals surface area contributed by atoms with Gasteiger partial charge in [-0.25, -0.2) is 4.98 Å². The third kappa shape index (κ3) is 5.39. The molecule has 0 N–H and O–H groups in total. The number of aromatic nitrogens is 2. The Morgan fingerprint density at radius 3 is 2.63 bits per heavy atom. The molecular formula is C22H24N4O. The lowest BCUT2D eigenvalue weighted by molar-refractivity contribution is 0.149. The molecule has 1 heterocycles. The topological polar surface area (TPSA) is 42.6 Å². The third-order valence-corrected chi connectivity index (χ3v) is 3.87. The van der Waals surface area contributed by atoms with Crippen molar-refractivity contribution in [2.45, 2.75) is 6.61 Å². The molecule has 0 unspecified atom stereocenters. The Morgan fingerprint density at radius 1 is 1.11 bits per heavy atom. The molecule has 27 heavy (non-hydrogen) atoms. The van der Waals surface area contributed by atoms with Gasteiger partial charge in [0, 0.05) is 32.1 Å². The quantitative estimate of drug-likeness (QED) is 0.278. The molecule has 1 aromatic heterocycles. The van der Waals surface area contributed by atoms with Gasteiger partial charge in [0.05, 0.1) is 13.2 Å². The molecule has 0 radical (unpaired) electrons. The summed E-state index contributed by atoms with van der Waals surface area (Å²) in [6.45, 7) is 1.16. The highest BCUT2D eigenvalue weighted by molar-refractivity contribution is 6.03. The molecule has 3 rings (SSSR count). The van der Waals surface area contributed by atoms with E-state index in [1.807, 2.05) is 61.3 Å². The van der Waals surface area contributed by atoms with Crippen LogP contribution in [-0.2, 0) is 11.3 Å². The van der Waals surface area contributed by atoms with E-state index in [-0.39, 0.29) is 0 Å². The fourth-order valence-electron chi connectivity index (χ4n) is 2.66. The lowest BCUT2D eigenvalue weighted by Gasteiger charge is -2.14. The minimum absolute atomic E-state index is 0.550. The Morgan fingerprint density at radius 2 is 1.89 bits per heavy atom. The molecule has 0 spiro atoms. The molecule has 3 aromatic rings. The van der Waals surface area contributed by atoms with Crippen LogP contribution in [0, 0.1) is 0 Å². The Labute approximate surface area is 160 Å². The van der Waals surface area contributed by atoms with E-state index in [9.17, 15) is 0 Å². The number of hydrogen-bond acceptors (Lipinski definition) is 4. The van der Waals surface area contributed by atoms with Crippen LogP contribution in [0.3, 0.4) is 0 Å². The van der Waals surface area contributed by atoms with E-state index in [0.717, 1.165) is 17.0 Å². The van der Waals surface area contributed by atoms with Crippen LogP contribution in [0.1, 0.15) is 16.7 Å². The van der Waals surface area contributed by atoms with Crippen LogP contribution in [0.25, 0.3) is 6.08 Å². The molecule has 2 aromatic carbocycles. The first-order valence-electron chi connectivity index (χ1n) is 8.86. The van der Waals surface area contributed by atoms with Crippen molar-refractivity contribution in [3.63, 3.8) is 0 Å². The van der Waals surface area contributed by atoms with Crippen molar-refractivity contribution in [1.82, 2.24) is 14.6 Å². The predicted octanol–water partition coefficient (Wildman–Crippen LogP) is 3.88. The van der Waals surface area contributed by atoms with Gasteiger partial charge in [-0.05, 0) is 11.1 Å². The van der Waals surface area contributed by atoms with Crippen molar-refractivity contribution in [2.24, 2.45) is 5.10 Å². The monoisotopic (exact) mass is 360 g/mol. The first-order valence-corrected chi connectivity index (χ1v) is 8.86. The maximum Gasteiger partial charge on any atom is 0.165 e. The van der Waals surface area contributed by atoms with Gasteiger partial charge in [0.1, 0.15) is 6.33 Å². The van der Waals surface area contributed by atoms with Crippen molar-refractivity contribution in [3.05, 3.63) is 96.1 Å². The number of rotatable bonds is 7. The van der Waals surface area contributed by atoms with E-state index >= 15 is 0 Å².